The van der Waals surface area contributed by atoms with Crippen molar-refractivity contribution in [3.05, 3.63) is 71.7 Å². The molecule has 1 saturated heterocycles. The number of halogens is 1. The zero-order chi connectivity index (χ0) is 20.4. The Hall–Kier alpha value is -2.99. The van der Waals surface area contributed by atoms with Crippen LogP contribution < -0.4 is 5.32 Å². The monoisotopic (exact) mass is 392 g/mol. The van der Waals surface area contributed by atoms with Gasteiger partial charge < -0.3 is 10.2 Å². The van der Waals surface area contributed by atoms with Gasteiger partial charge in [-0.1, -0.05) is 23.8 Å². The minimum atomic E-state index is -0.302. The Bertz CT molecular complexity index is 1010. The molecule has 0 radical (unpaired) electrons. The summed E-state index contributed by atoms with van der Waals surface area (Å²) in [6.45, 7) is 4.42. The summed E-state index contributed by atoms with van der Waals surface area (Å²) in [5.74, 6) is 0.163. The first-order valence-electron chi connectivity index (χ1n) is 9.91. The first-order chi connectivity index (χ1) is 14.0. The number of amides is 1. The van der Waals surface area contributed by atoms with E-state index in [1.54, 1.807) is 23.0 Å². The van der Waals surface area contributed by atoms with Crippen LogP contribution in [0.1, 0.15) is 22.3 Å². The number of hydrogen-bond acceptors (Lipinski definition) is 3. The van der Waals surface area contributed by atoms with Gasteiger partial charge in [-0.3, -0.25) is 4.79 Å². The quantitative estimate of drug-likeness (QED) is 0.721. The fourth-order valence-electron chi connectivity index (χ4n) is 3.90. The summed E-state index contributed by atoms with van der Waals surface area (Å²) in [7, 11) is 1.94. The molecule has 150 valence electrons. The number of carbonyl (C=O) groups is 1. The van der Waals surface area contributed by atoms with Crippen molar-refractivity contribution < 1.29 is 9.18 Å². The van der Waals surface area contributed by atoms with Crippen LogP contribution in [-0.2, 0) is 0 Å². The molecule has 6 heteroatoms. The average molecular weight is 392 g/mol. The van der Waals surface area contributed by atoms with E-state index in [0.717, 1.165) is 37.2 Å². The van der Waals surface area contributed by atoms with Gasteiger partial charge in [-0.25, -0.2) is 9.07 Å². The number of nitrogens with one attached hydrogen (secondary N) is 1. The summed E-state index contributed by atoms with van der Waals surface area (Å²) in [5, 5.41) is 7.90. The van der Waals surface area contributed by atoms with Crippen molar-refractivity contribution in [3.8, 4) is 16.9 Å². The number of aryl methyl sites for hydroxylation is 1. The Labute approximate surface area is 170 Å². The highest BCUT2D eigenvalue weighted by Gasteiger charge is 2.29. The molecule has 29 heavy (non-hydrogen) atoms. The zero-order valence-electron chi connectivity index (χ0n) is 16.7. The lowest BCUT2D eigenvalue weighted by Gasteiger charge is -2.16. The van der Waals surface area contributed by atoms with Gasteiger partial charge in [-0.2, -0.15) is 5.10 Å². The van der Waals surface area contributed by atoms with Crippen molar-refractivity contribution in [2.24, 2.45) is 5.92 Å². The summed E-state index contributed by atoms with van der Waals surface area (Å²) >= 11 is 0. The Kier molecular flexibility index (Phi) is 5.45. The fraction of sp³-hybridized carbons (Fsp3) is 0.304. The first kappa shape index (κ1) is 19.3. The molecule has 3 aromatic rings. The van der Waals surface area contributed by atoms with E-state index in [0.29, 0.717) is 22.9 Å². The number of rotatable bonds is 5. The number of hydrogen-bond donors (Lipinski definition) is 1. The second-order valence-corrected chi connectivity index (χ2v) is 7.65. The molecule has 2 aromatic carbocycles. The number of benzene rings is 2. The SMILES string of the molecule is CNCC1CCN(C(=O)c2cn(-c3ccc(F)cc3)nc2-c2cccc(C)c2)C1. The van der Waals surface area contributed by atoms with Crippen LogP contribution in [0.4, 0.5) is 4.39 Å². The second kappa shape index (κ2) is 8.17. The number of likely N-dealkylation sites (tertiary alicyclic amines) is 1. The Morgan fingerprint density at radius 2 is 2.03 bits per heavy atom. The van der Waals surface area contributed by atoms with Gasteiger partial charge in [0.2, 0.25) is 0 Å². The zero-order valence-corrected chi connectivity index (χ0v) is 16.7. The lowest BCUT2D eigenvalue weighted by atomic mass is 10.1. The van der Waals surface area contributed by atoms with Gasteiger partial charge in [0.05, 0.1) is 11.3 Å². The van der Waals surface area contributed by atoms with Crippen LogP contribution in [-0.4, -0.2) is 47.3 Å². The van der Waals surface area contributed by atoms with Crippen LogP contribution in [0.2, 0.25) is 0 Å². The highest BCUT2D eigenvalue weighted by molar-refractivity contribution is 6.00. The number of aromatic nitrogens is 2. The minimum absolute atomic E-state index is 0.00605. The summed E-state index contributed by atoms with van der Waals surface area (Å²) in [6, 6.07) is 14.1. The highest BCUT2D eigenvalue weighted by Crippen LogP contribution is 2.27. The Morgan fingerprint density at radius 1 is 1.24 bits per heavy atom. The molecule has 1 atom stereocenters. The van der Waals surface area contributed by atoms with Crippen molar-refractivity contribution in [1.29, 1.82) is 0 Å². The first-order valence-corrected chi connectivity index (χ1v) is 9.91. The van der Waals surface area contributed by atoms with Gasteiger partial charge in [0.15, 0.2) is 0 Å². The summed E-state index contributed by atoms with van der Waals surface area (Å²) < 4.78 is 15.0. The van der Waals surface area contributed by atoms with Crippen LogP contribution in [0.3, 0.4) is 0 Å². The molecule has 5 nitrogen and oxygen atoms in total. The molecule has 1 aromatic heterocycles. The van der Waals surface area contributed by atoms with Crippen LogP contribution >= 0.6 is 0 Å². The molecule has 1 amide bonds. The predicted octanol–water partition coefficient (Wildman–Crippen LogP) is 3.67. The van der Waals surface area contributed by atoms with E-state index in [1.807, 2.05) is 43.1 Å². The third-order valence-corrected chi connectivity index (χ3v) is 5.39. The molecular weight excluding hydrogens is 367 g/mol. The molecule has 2 heterocycles. The molecule has 0 spiro atoms. The van der Waals surface area contributed by atoms with Crippen LogP contribution in [0, 0.1) is 18.7 Å². The van der Waals surface area contributed by atoms with E-state index >= 15 is 0 Å². The van der Waals surface area contributed by atoms with E-state index < -0.39 is 0 Å². The van der Waals surface area contributed by atoms with Crippen molar-refractivity contribution in [2.45, 2.75) is 13.3 Å². The van der Waals surface area contributed by atoms with E-state index in [1.165, 1.54) is 12.1 Å². The molecule has 1 N–H and O–H groups in total. The standard InChI is InChI=1S/C23H25FN4O/c1-16-4-3-5-18(12-16)22-21(23(29)27-11-10-17(14-27)13-25-2)15-28(26-22)20-8-6-19(24)7-9-20/h3-9,12,15,17,25H,10-11,13-14H2,1-2H3. The van der Waals surface area contributed by atoms with E-state index in [2.05, 4.69) is 5.32 Å². The number of carbonyl (C=O) groups excluding carboxylic acids is 1. The Balaban J connectivity index is 1.73. The smallest absolute Gasteiger partial charge is 0.257 e. The molecule has 0 aliphatic carbocycles. The maximum absolute atomic E-state index is 13.4. The van der Waals surface area contributed by atoms with E-state index in [4.69, 9.17) is 5.10 Å². The maximum Gasteiger partial charge on any atom is 0.257 e. The fourth-order valence-corrected chi connectivity index (χ4v) is 3.90. The third-order valence-electron chi connectivity index (χ3n) is 5.39. The van der Waals surface area contributed by atoms with Crippen LogP contribution in [0.15, 0.2) is 54.7 Å². The lowest BCUT2D eigenvalue weighted by Crippen LogP contribution is -2.30. The largest absolute Gasteiger partial charge is 0.338 e. The number of nitrogens with zero attached hydrogens (tertiary/aromatic N) is 3. The molecule has 0 bridgehead atoms. The lowest BCUT2D eigenvalue weighted by molar-refractivity contribution is 0.0788. The van der Waals surface area contributed by atoms with Gasteiger partial charge in [0, 0.05) is 24.8 Å². The van der Waals surface area contributed by atoms with Gasteiger partial charge in [0.25, 0.3) is 5.91 Å². The maximum atomic E-state index is 13.4. The minimum Gasteiger partial charge on any atom is -0.338 e. The van der Waals surface area contributed by atoms with Crippen molar-refractivity contribution in [1.82, 2.24) is 20.0 Å². The third kappa shape index (κ3) is 4.07. The van der Waals surface area contributed by atoms with Crippen molar-refractivity contribution in [3.63, 3.8) is 0 Å². The van der Waals surface area contributed by atoms with Crippen molar-refractivity contribution >= 4 is 5.91 Å². The van der Waals surface area contributed by atoms with Crippen LogP contribution in [0.5, 0.6) is 0 Å². The van der Waals surface area contributed by atoms with E-state index in [-0.39, 0.29) is 11.7 Å². The summed E-state index contributed by atoms with van der Waals surface area (Å²) in [4.78, 5) is 15.3. The highest BCUT2D eigenvalue weighted by atomic mass is 19.1. The average Bonchev–Trinajstić information content (AvgIpc) is 3.36. The van der Waals surface area contributed by atoms with E-state index in [9.17, 15) is 9.18 Å². The normalized spacial score (nSPS) is 16.4. The van der Waals surface area contributed by atoms with Gasteiger partial charge >= 0.3 is 0 Å². The summed E-state index contributed by atoms with van der Waals surface area (Å²) in [5.41, 5.74) is 3.95. The molecule has 1 aliphatic heterocycles. The topological polar surface area (TPSA) is 50.2 Å². The molecule has 1 fully saturated rings. The van der Waals surface area contributed by atoms with Gasteiger partial charge in [-0.15, -0.1) is 0 Å². The second-order valence-electron chi connectivity index (χ2n) is 7.65. The van der Waals surface area contributed by atoms with Gasteiger partial charge in [-0.05, 0) is 63.2 Å². The Morgan fingerprint density at radius 3 is 2.76 bits per heavy atom. The molecule has 0 saturated carbocycles. The molecular formula is C23H25FN4O. The van der Waals surface area contributed by atoms with Crippen LogP contribution in [0.25, 0.3) is 16.9 Å². The molecule has 1 unspecified atom stereocenters. The molecule has 1 aliphatic rings. The predicted molar refractivity (Wildman–Crippen MR) is 112 cm³/mol. The van der Waals surface area contributed by atoms with Crippen molar-refractivity contribution in [2.75, 3.05) is 26.7 Å². The summed E-state index contributed by atoms with van der Waals surface area (Å²) in [6.07, 6.45) is 2.76. The molecule has 4 rings (SSSR count). The van der Waals surface area contributed by atoms with Gasteiger partial charge in [0.1, 0.15) is 11.5 Å².